The van der Waals surface area contributed by atoms with Crippen LogP contribution in [0.4, 0.5) is 0 Å². The minimum Gasteiger partial charge on any atom is -0.274 e. The minimum absolute atomic E-state index is 0.208. The van der Waals surface area contributed by atoms with Gasteiger partial charge in [-0.25, -0.2) is 0 Å². The molecule has 2 amide bonds. The van der Waals surface area contributed by atoms with Crippen molar-refractivity contribution in [1.29, 1.82) is 0 Å². The minimum atomic E-state index is -0.290. The van der Waals surface area contributed by atoms with Gasteiger partial charge in [0, 0.05) is 18.0 Å². The lowest BCUT2D eigenvalue weighted by Gasteiger charge is -2.11. The second kappa shape index (κ2) is 5.69. The van der Waals surface area contributed by atoms with E-state index >= 15 is 0 Å². The summed E-state index contributed by atoms with van der Waals surface area (Å²) in [5.74, 6) is -0.140. The molecule has 7 nitrogen and oxygen atoms in total. The van der Waals surface area contributed by atoms with Crippen molar-refractivity contribution >= 4 is 23.4 Å². The molecule has 0 atom stereocenters. The predicted octanol–water partition coefficient (Wildman–Crippen LogP) is 1.26. The van der Waals surface area contributed by atoms with E-state index in [-0.39, 0.29) is 24.9 Å². The van der Waals surface area contributed by atoms with E-state index in [0.717, 1.165) is 0 Å². The van der Waals surface area contributed by atoms with E-state index in [2.05, 4.69) is 22.0 Å². The zero-order valence-corrected chi connectivity index (χ0v) is 12.3. The van der Waals surface area contributed by atoms with Crippen molar-refractivity contribution in [2.75, 3.05) is 6.54 Å². The van der Waals surface area contributed by atoms with Crippen LogP contribution in [0.25, 0.3) is 0 Å². The summed E-state index contributed by atoms with van der Waals surface area (Å²) in [5.41, 5.74) is 0.866. The molecule has 8 heteroatoms. The molecule has 0 unspecified atom stereocenters. The number of rotatable bonds is 5. The number of fused-ring (bicyclic) bond motifs is 1. The SMILES string of the molecule is C=C(Cl)Cn1nnc(CCN2C(=O)c3ccccc3C2=O)n1. The van der Waals surface area contributed by atoms with Crippen LogP contribution < -0.4 is 0 Å². The predicted molar refractivity (Wildman–Crippen MR) is 78.3 cm³/mol. The number of aromatic nitrogens is 4. The Kier molecular flexibility index (Phi) is 3.72. The van der Waals surface area contributed by atoms with Crippen LogP contribution in [0.2, 0.25) is 0 Å². The van der Waals surface area contributed by atoms with Crippen LogP contribution in [0.5, 0.6) is 0 Å². The fourth-order valence-electron chi connectivity index (χ4n) is 2.25. The molecule has 1 aliphatic rings. The van der Waals surface area contributed by atoms with Crippen LogP contribution in [0.1, 0.15) is 26.5 Å². The highest BCUT2D eigenvalue weighted by Gasteiger charge is 2.34. The molecule has 1 aromatic heterocycles. The van der Waals surface area contributed by atoms with Crippen molar-refractivity contribution in [3.63, 3.8) is 0 Å². The first-order valence-corrected chi connectivity index (χ1v) is 6.99. The average Bonchev–Trinajstić information content (AvgIpc) is 3.02. The van der Waals surface area contributed by atoms with Gasteiger partial charge in [-0.15, -0.1) is 10.2 Å². The van der Waals surface area contributed by atoms with E-state index < -0.39 is 0 Å². The highest BCUT2D eigenvalue weighted by molar-refractivity contribution is 6.29. The Morgan fingerprint density at radius 1 is 1.18 bits per heavy atom. The van der Waals surface area contributed by atoms with E-state index in [1.54, 1.807) is 24.3 Å². The molecular weight excluding hydrogens is 306 g/mol. The normalized spacial score (nSPS) is 13.6. The van der Waals surface area contributed by atoms with Crippen LogP contribution in [0.15, 0.2) is 35.9 Å². The van der Waals surface area contributed by atoms with Gasteiger partial charge in [0.15, 0.2) is 5.82 Å². The molecular formula is C14H12ClN5O2. The number of tetrazole rings is 1. The summed E-state index contributed by atoms with van der Waals surface area (Å²) in [6, 6.07) is 6.77. The molecule has 2 aromatic rings. The van der Waals surface area contributed by atoms with Crippen molar-refractivity contribution in [3.05, 3.63) is 52.8 Å². The standard InChI is InChI=1S/C14H12ClN5O2/c1-9(15)8-20-17-12(16-18-20)6-7-19-13(21)10-4-2-3-5-11(10)14(19)22/h2-5H,1,6-8H2. The first-order valence-electron chi connectivity index (χ1n) is 6.61. The number of imide groups is 1. The Balaban J connectivity index is 1.68. The Bertz CT molecular complexity index is 735. The topological polar surface area (TPSA) is 81.0 Å². The highest BCUT2D eigenvalue weighted by Crippen LogP contribution is 2.22. The third-order valence-corrected chi connectivity index (χ3v) is 3.36. The monoisotopic (exact) mass is 317 g/mol. The van der Waals surface area contributed by atoms with Crippen LogP contribution in [-0.4, -0.2) is 43.5 Å². The molecule has 0 radical (unpaired) electrons. The number of nitrogens with zero attached hydrogens (tertiary/aromatic N) is 5. The quantitative estimate of drug-likeness (QED) is 0.776. The van der Waals surface area contributed by atoms with Crippen LogP contribution in [0.3, 0.4) is 0 Å². The van der Waals surface area contributed by atoms with Gasteiger partial charge in [0.1, 0.15) is 0 Å². The molecule has 1 aliphatic heterocycles. The van der Waals surface area contributed by atoms with Gasteiger partial charge >= 0.3 is 0 Å². The summed E-state index contributed by atoms with van der Waals surface area (Å²) in [5, 5.41) is 12.2. The molecule has 22 heavy (non-hydrogen) atoms. The fourth-order valence-corrected chi connectivity index (χ4v) is 2.36. The molecule has 3 rings (SSSR count). The van der Waals surface area contributed by atoms with Gasteiger partial charge in [0.25, 0.3) is 11.8 Å². The number of carbonyl (C=O) groups excluding carboxylic acids is 2. The zero-order chi connectivity index (χ0) is 15.7. The third-order valence-electron chi connectivity index (χ3n) is 3.24. The lowest BCUT2D eigenvalue weighted by molar-refractivity contribution is 0.0655. The smallest absolute Gasteiger partial charge is 0.261 e. The van der Waals surface area contributed by atoms with Crippen LogP contribution in [0, 0.1) is 0 Å². The second-order valence-corrected chi connectivity index (χ2v) is 5.35. The van der Waals surface area contributed by atoms with E-state index in [1.807, 2.05) is 0 Å². The number of amides is 2. The number of carbonyl (C=O) groups is 2. The first-order chi connectivity index (χ1) is 10.6. The van der Waals surface area contributed by atoms with Crippen molar-refractivity contribution in [3.8, 4) is 0 Å². The van der Waals surface area contributed by atoms with Crippen LogP contribution >= 0.6 is 11.6 Å². The van der Waals surface area contributed by atoms with Gasteiger partial charge in [-0.3, -0.25) is 14.5 Å². The van der Waals surface area contributed by atoms with E-state index in [0.29, 0.717) is 28.4 Å². The Hall–Kier alpha value is -2.54. The third kappa shape index (κ3) is 2.62. The van der Waals surface area contributed by atoms with Gasteiger partial charge in [-0.1, -0.05) is 30.3 Å². The number of benzene rings is 1. The molecule has 0 N–H and O–H groups in total. The number of halogens is 1. The summed E-state index contributed by atoms with van der Waals surface area (Å²) < 4.78 is 0. The van der Waals surface area contributed by atoms with Gasteiger partial charge in [-0.05, 0) is 17.3 Å². The molecule has 0 spiro atoms. The van der Waals surface area contributed by atoms with Gasteiger partial charge in [0.2, 0.25) is 0 Å². The summed E-state index contributed by atoms with van der Waals surface area (Å²) in [4.78, 5) is 26.9. The van der Waals surface area contributed by atoms with Crippen LogP contribution in [-0.2, 0) is 13.0 Å². The molecule has 0 fully saturated rings. The Morgan fingerprint density at radius 3 is 2.41 bits per heavy atom. The van der Waals surface area contributed by atoms with Gasteiger partial charge in [-0.2, -0.15) is 4.80 Å². The number of allylic oxidation sites excluding steroid dienone is 1. The summed E-state index contributed by atoms with van der Waals surface area (Å²) in [6.45, 7) is 4.02. The largest absolute Gasteiger partial charge is 0.274 e. The second-order valence-electron chi connectivity index (χ2n) is 4.81. The maximum atomic E-state index is 12.2. The lowest BCUT2D eigenvalue weighted by atomic mass is 10.1. The summed E-state index contributed by atoms with van der Waals surface area (Å²) in [6.07, 6.45) is 0.334. The molecule has 112 valence electrons. The summed E-state index contributed by atoms with van der Waals surface area (Å²) >= 11 is 5.67. The fraction of sp³-hybridized carbons (Fsp3) is 0.214. The maximum absolute atomic E-state index is 12.2. The number of hydrogen-bond donors (Lipinski definition) is 0. The van der Waals surface area contributed by atoms with Crippen molar-refractivity contribution in [1.82, 2.24) is 25.1 Å². The molecule has 0 bridgehead atoms. The van der Waals surface area contributed by atoms with E-state index in [4.69, 9.17) is 11.6 Å². The van der Waals surface area contributed by atoms with Crippen molar-refractivity contribution < 1.29 is 9.59 Å². The maximum Gasteiger partial charge on any atom is 0.261 e. The first kappa shape index (κ1) is 14.4. The average molecular weight is 318 g/mol. The molecule has 1 aromatic carbocycles. The summed E-state index contributed by atoms with van der Waals surface area (Å²) in [7, 11) is 0. The van der Waals surface area contributed by atoms with E-state index in [9.17, 15) is 9.59 Å². The van der Waals surface area contributed by atoms with Crippen molar-refractivity contribution in [2.45, 2.75) is 13.0 Å². The molecule has 0 aliphatic carbocycles. The molecule has 2 heterocycles. The van der Waals surface area contributed by atoms with Crippen molar-refractivity contribution in [2.24, 2.45) is 0 Å². The van der Waals surface area contributed by atoms with Gasteiger partial charge < -0.3 is 0 Å². The van der Waals surface area contributed by atoms with Gasteiger partial charge in [0.05, 0.1) is 17.7 Å². The Labute approximate surface area is 131 Å². The Morgan fingerprint density at radius 2 is 1.82 bits per heavy atom. The highest BCUT2D eigenvalue weighted by atomic mass is 35.5. The lowest BCUT2D eigenvalue weighted by Crippen LogP contribution is -2.32. The van der Waals surface area contributed by atoms with E-state index in [1.165, 1.54) is 9.70 Å². The zero-order valence-electron chi connectivity index (χ0n) is 11.6. The molecule has 0 saturated carbocycles. The number of hydrogen-bond acceptors (Lipinski definition) is 5. The molecule has 0 saturated heterocycles.